The maximum atomic E-state index is 13.9. The fourth-order valence-corrected chi connectivity index (χ4v) is 10.0. The number of thiophene rings is 1. The summed E-state index contributed by atoms with van der Waals surface area (Å²) in [6.07, 6.45) is 0.804. The van der Waals surface area contributed by atoms with Gasteiger partial charge in [0.15, 0.2) is 5.78 Å². The third-order valence-corrected chi connectivity index (χ3v) is 13.8. The molecule has 15 nitrogen and oxygen atoms in total. The molecule has 5 N–H and O–H groups in total. The van der Waals surface area contributed by atoms with E-state index in [1.807, 2.05) is 36.7 Å². The third kappa shape index (κ3) is 12.0. The number of aliphatic hydroxyl groups excluding tert-OH is 1. The average molecular weight is 949 g/mol. The highest BCUT2D eigenvalue weighted by Crippen LogP contribution is 2.42. The van der Waals surface area contributed by atoms with Crippen molar-refractivity contribution in [1.82, 2.24) is 20.5 Å². The maximum Gasteiger partial charge on any atom is 0.246 e. The number of aliphatic hydroxyl groups is 1. The average Bonchev–Trinajstić information content (AvgIpc) is 3.79. The van der Waals surface area contributed by atoms with Crippen LogP contribution in [0.3, 0.4) is 0 Å². The number of aromatic hydroxyl groups is 2. The van der Waals surface area contributed by atoms with Crippen LogP contribution in [0.4, 0.5) is 0 Å². The zero-order valence-corrected chi connectivity index (χ0v) is 38.5. The van der Waals surface area contributed by atoms with Crippen LogP contribution in [-0.2, 0) is 35.1 Å². The molecule has 1 saturated heterocycles. The molecule has 3 atom stereocenters. The molecular formula is C50H52N4O11S2. The first-order valence-electron chi connectivity index (χ1n) is 22.1. The molecule has 1 aliphatic heterocycles. The number of hydrogen-bond donors (Lipinski definition) is 5. The van der Waals surface area contributed by atoms with Crippen molar-refractivity contribution < 1.29 is 53.4 Å². The number of benzene rings is 4. The predicted molar refractivity (Wildman–Crippen MR) is 253 cm³/mol. The van der Waals surface area contributed by atoms with Crippen molar-refractivity contribution in [2.45, 2.75) is 50.9 Å². The van der Waals surface area contributed by atoms with Crippen LogP contribution in [-0.4, -0.2) is 120 Å². The monoisotopic (exact) mass is 948 g/mol. The number of β-amino-alcohol motifs (C(OH)–C–C–N with tert-alkyl or cyclic N) is 1. The van der Waals surface area contributed by atoms with Gasteiger partial charge in [0.25, 0.3) is 0 Å². The van der Waals surface area contributed by atoms with Crippen molar-refractivity contribution in [3.05, 3.63) is 119 Å². The summed E-state index contributed by atoms with van der Waals surface area (Å²) < 4.78 is 23.3. The molecule has 1 saturated carbocycles. The van der Waals surface area contributed by atoms with Crippen LogP contribution in [0.25, 0.3) is 31.0 Å². The van der Waals surface area contributed by atoms with Gasteiger partial charge in [-0.15, -0.1) is 22.7 Å². The zero-order chi connectivity index (χ0) is 46.9. The summed E-state index contributed by atoms with van der Waals surface area (Å²) in [6, 6.07) is 24.7. The number of fused-ring (bicyclic) bond motifs is 1. The van der Waals surface area contributed by atoms with E-state index in [1.54, 1.807) is 78.1 Å². The van der Waals surface area contributed by atoms with Crippen molar-refractivity contribution in [2.24, 2.45) is 5.92 Å². The van der Waals surface area contributed by atoms with Gasteiger partial charge in [-0.05, 0) is 109 Å². The van der Waals surface area contributed by atoms with Crippen molar-refractivity contribution in [3.63, 3.8) is 0 Å². The van der Waals surface area contributed by atoms with E-state index in [0.717, 1.165) is 55.1 Å². The van der Waals surface area contributed by atoms with Crippen molar-refractivity contribution in [2.75, 3.05) is 52.8 Å². The number of thiazole rings is 1. The lowest BCUT2D eigenvalue weighted by atomic mass is 9.97. The summed E-state index contributed by atoms with van der Waals surface area (Å²) in [4.78, 5) is 61.4. The number of amides is 3. The van der Waals surface area contributed by atoms with Gasteiger partial charge in [-0.1, -0.05) is 24.3 Å². The first-order valence-corrected chi connectivity index (χ1v) is 23.8. The van der Waals surface area contributed by atoms with Crippen LogP contribution in [0, 0.1) is 12.8 Å². The molecule has 0 spiro atoms. The van der Waals surface area contributed by atoms with E-state index in [1.165, 1.54) is 16.2 Å². The molecule has 6 aromatic rings. The number of phenols is 2. The molecule has 17 heteroatoms. The molecule has 2 aliphatic rings. The van der Waals surface area contributed by atoms with Crippen molar-refractivity contribution >= 4 is 56.3 Å². The number of hydrogen-bond acceptors (Lipinski definition) is 14. The minimum Gasteiger partial charge on any atom is -0.508 e. The second kappa shape index (κ2) is 22.1. The SMILES string of the molecule is Cc1ncsc1-c1ccc(CNC(=O)[C@@H]2C[C@@H](O)CN2C(=O)C(NC(=O)COCCOCCOCCOc2ccc(C(=O)c3c(-c4ccc(O)cc4)sc4cc(O)ccc34)cc2)C2CC2)cc1. The summed E-state index contributed by atoms with van der Waals surface area (Å²) in [5.74, 6) is -0.609. The van der Waals surface area contributed by atoms with Gasteiger partial charge >= 0.3 is 0 Å². The third-order valence-electron chi connectivity index (χ3n) is 11.6. The number of carbonyl (C=O) groups excluding carboxylic acids is 4. The number of ether oxygens (including phenoxy) is 4. The molecule has 67 heavy (non-hydrogen) atoms. The number of phenolic OH excluding ortho intramolecular Hbond substituents is 2. The number of carbonyl (C=O) groups is 4. The van der Waals surface area contributed by atoms with Gasteiger partial charge in [-0.25, -0.2) is 4.98 Å². The highest BCUT2D eigenvalue weighted by Gasteiger charge is 2.45. The smallest absolute Gasteiger partial charge is 0.246 e. The number of aryl methyl sites for hydroxylation is 1. The number of likely N-dealkylation sites (tertiary alicyclic amines) is 1. The van der Waals surface area contributed by atoms with Crippen molar-refractivity contribution in [3.8, 4) is 38.1 Å². The van der Waals surface area contributed by atoms with Crippen LogP contribution in [0.15, 0.2) is 96.5 Å². The Balaban J connectivity index is 0.703. The van der Waals surface area contributed by atoms with E-state index < -0.39 is 24.1 Å². The lowest BCUT2D eigenvalue weighted by Gasteiger charge is -2.28. The van der Waals surface area contributed by atoms with Gasteiger partial charge < -0.3 is 49.8 Å². The quantitative estimate of drug-likeness (QED) is 0.0379. The Kier molecular flexibility index (Phi) is 15.6. The Bertz CT molecular complexity index is 2670. The number of aromatic nitrogens is 1. The summed E-state index contributed by atoms with van der Waals surface area (Å²) in [5.41, 5.74) is 6.50. The Morgan fingerprint density at radius 2 is 1.46 bits per heavy atom. The molecule has 0 radical (unpaired) electrons. The first-order chi connectivity index (χ1) is 32.5. The number of nitrogens with zero attached hydrogens (tertiary/aromatic N) is 2. The van der Waals surface area contributed by atoms with E-state index in [2.05, 4.69) is 15.6 Å². The minimum atomic E-state index is -0.854. The zero-order valence-electron chi connectivity index (χ0n) is 36.9. The van der Waals surface area contributed by atoms with Crippen LogP contribution >= 0.6 is 22.7 Å². The molecule has 1 unspecified atom stereocenters. The number of nitrogens with one attached hydrogen (secondary N) is 2. The second-order valence-electron chi connectivity index (χ2n) is 16.5. The summed E-state index contributed by atoms with van der Waals surface area (Å²) in [6.45, 7) is 3.52. The molecular weight excluding hydrogens is 897 g/mol. The van der Waals surface area contributed by atoms with Crippen LogP contribution < -0.4 is 15.4 Å². The van der Waals surface area contributed by atoms with Crippen molar-refractivity contribution in [1.29, 1.82) is 0 Å². The first kappa shape index (κ1) is 47.3. The number of ketones is 1. The maximum absolute atomic E-state index is 13.9. The van der Waals surface area contributed by atoms with E-state index in [-0.39, 0.29) is 81.0 Å². The van der Waals surface area contributed by atoms with E-state index in [9.17, 15) is 34.5 Å². The standard InChI is InChI=1S/C50H52N4O11S2/c1-30-47(66-29-52-30)34-4-2-31(3-5-34)26-51-49(60)41-24-38(57)27-54(41)50(61)45(32-6-7-32)53-43(58)28-64-21-20-62-18-19-63-22-23-65-39-15-10-33(11-16-39)46(59)44-40-17-14-37(56)25-42(40)67-48(44)35-8-12-36(55)13-9-35/h2-5,8-17,25,29,32,38,41,45,55-57H,6-7,18-24,26-28H2,1H3,(H,51,60)(H,53,58)/t38-,41+,45?/m1/s1. The Hall–Kier alpha value is -6.21. The Morgan fingerprint density at radius 1 is 0.806 bits per heavy atom. The predicted octanol–water partition coefficient (Wildman–Crippen LogP) is 6.24. The molecule has 4 aromatic carbocycles. The van der Waals surface area contributed by atoms with E-state index in [4.69, 9.17) is 18.9 Å². The molecule has 2 aromatic heterocycles. The molecule has 3 heterocycles. The van der Waals surface area contributed by atoms with Gasteiger partial charge in [0, 0.05) is 45.6 Å². The Morgan fingerprint density at radius 3 is 2.15 bits per heavy atom. The van der Waals surface area contributed by atoms with Gasteiger partial charge in [-0.2, -0.15) is 0 Å². The molecule has 2 fully saturated rings. The molecule has 8 rings (SSSR count). The molecule has 3 amide bonds. The largest absolute Gasteiger partial charge is 0.508 e. The number of rotatable bonds is 22. The van der Waals surface area contributed by atoms with Gasteiger partial charge in [0.1, 0.15) is 42.5 Å². The van der Waals surface area contributed by atoms with Crippen LogP contribution in [0.2, 0.25) is 0 Å². The second-order valence-corrected chi connectivity index (χ2v) is 18.4. The Labute approximate surface area is 395 Å². The van der Waals surface area contributed by atoms with Crippen LogP contribution in [0.1, 0.15) is 46.4 Å². The van der Waals surface area contributed by atoms with E-state index >= 15 is 0 Å². The molecule has 350 valence electrons. The highest BCUT2D eigenvalue weighted by molar-refractivity contribution is 7.22. The van der Waals surface area contributed by atoms with Gasteiger partial charge in [0.05, 0.1) is 55.2 Å². The fourth-order valence-electron chi connectivity index (χ4n) is 7.97. The highest BCUT2D eigenvalue weighted by atomic mass is 32.1. The lowest BCUT2D eigenvalue weighted by molar-refractivity contribution is -0.142. The minimum absolute atomic E-state index is 0.00960. The van der Waals surface area contributed by atoms with Crippen LogP contribution in [0.5, 0.6) is 17.2 Å². The van der Waals surface area contributed by atoms with Gasteiger partial charge in [-0.3, -0.25) is 19.2 Å². The fraction of sp³-hybridized carbons (Fsp3) is 0.340. The summed E-state index contributed by atoms with van der Waals surface area (Å²) in [5, 5.41) is 36.8. The van der Waals surface area contributed by atoms with E-state index in [0.29, 0.717) is 36.7 Å². The lowest BCUT2D eigenvalue weighted by Crippen LogP contribution is -2.54. The topological polar surface area (TPSA) is 206 Å². The molecule has 0 bridgehead atoms. The summed E-state index contributed by atoms with van der Waals surface area (Å²) in [7, 11) is 0. The van der Waals surface area contributed by atoms with Gasteiger partial charge in [0.2, 0.25) is 17.7 Å². The normalized spacial score (nSPS) is 16.2. The summed E-state index contributed by atoms with van der Waals surface area (Å²) >= 11 is 2.97. The molecule has 1 aliphatic carbocycles.